The maximum atomic E-state index is 10.6. The first-order valence-electron chi connectivity index (χ1n) is 3.27. The molecule has 6 nitrogen and oxygen atoms in total. The fourth-order valence-electron chi connectivity index (χ4n) is 0.895. The number of ether oxygens (including phenoxy) is 1. The predicted molar refractivity (Wildman–Crippen MR) is 37.0 cm³/mol. The van der Waals surface area contributed by atoms with E-state index in [2.05, 4.69) is 4.74 Å². The van der Waals surface area contributed by atoms with Crippen molar-refractivity contribution in [2.75, 3.05) is 6.61 Å². The highest BCUT2D eigenvalue weighted by atomic mass is 16.6. The van der Waals surface area contributed by atoms with Gasteiger partial charge < -0.3 is 20.1 Å². The van der Waals surface area contributed by atoms with Crippen molar-refractivity contribution in [2.45, 2.75) is 12.1 Å². The predicted octanol–water partition coefficient (Wildman–Crippen LogP) is -1.09. The summed E-state index contributed by atoms with van der Waals surface area (Å²) in [7, 11) is 0. The van der Waals surface area contributed by atoms with Crippen molar-refractivity contribution in [3.8, 4) is 0 Å². The fraction of sp³-hybridized carbons (Fsp3) is 0.500. The Morgan fingerprint density at radius 2 is 2.08 bits per heavy atom. The third kappa shape index (κ3) is 1.10. The number of aliphatic hydroxyl groups excluding tert-OH is 3. The average molecular weight is 175 g/mol. The van der Waals surface area contributed by atoms with Gasteiger partial charge in [0.1, 0.15) is 0 Å². The zero-order valence-electron chi connectivity index (χ0n) is 6.15. The second-order valence-electron chi connectivity index (χ2n) is 2.45. The number of nitrogens with two attached hydrogens (primary N) is 1. The summed E-state index contributed by atoms with van der Waals surface area (Å²) < 4.78 is 4.42. The number of esters is 1. The lowest BCUT2D eigenvalue weighted by Gasteiger charge is -2.20. The first kappa shape index (κ1) is 8.82. The quantitative estimate of drug-likeness (QED) is 0.396. The summed E-state index contributed by atoms with van der Waals surface area (Å²) in [5.41, 5.74) is 3.56. The summed E-state index contributed by atoms with van der Waals surface area (Å²) in [6, 6.07) is 0. The smallest absolute Gasteiger partial charge is 0.379 e. The summed E-state index contributed by atoms with van der Waals surface area (Å²) in [5.74, 6) is -2.71. The average Bonchev–Trinajstić information content (AvgIpc) is 2.17. The number of hydrogen-bond acceptors (Lipinski definition) is 6. The number of rotatable bonds is 2. The van der Waals surface area contributed by atoms with Crippen molar-refractivity contribution in [3.63, 3.8) is 0 Å². The lowest BCUT2D eigenvalue weighted by molar-refractivity contribution is -0.150. The number of aliphatic hydroxyl groups is 3. The van der Waals surface area contributed by atoms with E-state index in [1.807, 2.05) is 0 Å². The minimum absolute atomic E-state index is 0.158. The summed E-state index contributed by atoms with van der Waals surface area (Å²) in [6.45, 7) is -0.360. The minimum Gasteiger partial charge on any atom is -0.504 e. The van der Waals surface area contributed by atoms with Gasteiger partial charge in [-0.25, -0.2) is 4.79 Å². The van der Waals surface area contributed by atoms with Crippen LogP contribution in [0.2, 0.25) is 0 Å². The van der Waals surface area contributed by atoms with Crippen molar-refractivity contribution < 1.29 is 24.9 Å². The molecule has 0 fully saturated rings. The van der Waals surface area contributed by atoms with Crippen LogP contribution in [-0.4, -0.2) is 33.6 Å². The van der Waals surface area contributed by atoms with Crippen LogP contribution in [0.4, 0.5) is 0 Å². The number of cyclic esters (lactones) is 1. The van der Waals surface area contributed by atoms with Crippen molar-refractivity contribution in [2.24, 2.45) is 5.73 Å². The number of hydrogen-bond donors (Lipinski definition) is 4. The van der Waals surface area contributed by atoms with E-state index < -0.39 is 23.2 Å². The number of carbonyl (C=O) groups is 1. The van der Waals surface area contributed by atoms with Crippen LogP contribution in [0.1, 0.15) is 6.42 Å². The Hall–Kier alpha value is -1.27. The summed E-state index contributed by atoms with van der Waals surface area (Å²) in [4.78, 5) is 10.6. The number of carbonyl (C=O) groups excluding carboxylic acids is 1. The lowest BCUT2D eigenvalue weighted by Crippen LogP contribution is -2.43. The first-order chi connectivity index (χ1) is 5.51. The molecule has 1 aliphatic rings. The van der Waals surface area contributed by atoms with Crippen LogP contribution in [0.3, 0.4) is 0 Å². The van der Waals surface area contributed by atoms with Gasteiger partial charge in [-0.15, -0.1) is 0 Å². The Morgan fingerprint density at radius 3 is 2.42 bits per heavy atom. The molecule has 0 aromatic heterocycles. The molecule has 0 saturated heterocycles. The van der Waals surface area contributed by atoms with E-state index in [0.717, 1.165) is 0 Å². The summed E-state index contributed by atoms with van der Waals surface area (Å²) in [5, 5.41) is 26.4. The Balaban J connectivity index is 2.91. The Kier molecular flexibility index (Phi) is 1.95. The third-order valence-corrected chi connectivity index (χ3v) is 1.58. The molecule has 6 heteroatoms. The molecule has 0 aromatic carbocycles. The summed E-state index contributed by atoms with van der Waals surface area (Å²) >= 11 is 0. The minimum atomic E-state index is -1.77. The van der Waals surface area contributed by atoms with E-state index in [9.17, 15) is 4.79 Å². The van der Waals surface area contributed by atoms with Crippen LogP contribution in [0, 0.1) is 0 Å². The van der Waals surface area contributed by atoms with Gasteiger partial charge in [-0.05, 0) is 0 Å². The molecular formula is C6H9NO5. The summed E-state index contributed by atoms with van der Waals surface area (Å²) in [6.07, 6.45) is -0.158. The van der Waals surface area contributed by atoms with Gasteiger partial charge >= 0.3 is 5.97 Å². The fourth-order valence-corrected chi connectivity index (χ4v) is 0.895. The maximum absolute atomic E-state index is 10.6. The highest BCUT2D eigenvalue weighted by molar-refractivity contribution is 5.89. The molecule has 0 radical (unpaired) electrons. The molecule has 0 spiro atoms. The SMILES string of the molecule is NC1(CCO)OC(=O)C(O)=C1O. The van der Waals surface area contributed by atoms with Gasteiger partial charge in [0.25, 0.3) is 0 Å². The van der Waals surface area contributed by atoms with Gasteiger partial charge in [0, 0.05) is 13.0 Å². The molecule has 0 amide bonds. The highest BCUT2D eigenvalue weighted by Crippen LogP contribution is 2.27. The van der Waals surface area contributed by atoms with Gasteiger partial charge in [0.15, 0.2) is 0 Å². The molecule has 0 aliphatic carbocycles. The molecule has 0 bridgehead atoms. The van der Waals surface area contributed by atoms with Crippen LogP contribution in [0.15, 0.2) is 11.5 Å². The first-order valence-corrected chi connectivity index (χ1v) is 3.27. The molecular weight excluding hydrogens is 166 g/mol. The van der Waals surface area contributed by atoms with Crippen molar-refractivity contribution >= 4 is 5.97 Å². The van der Waals surface area contributed by atoms with Crippen molar-refractivity contribution in [1.29, 1.82) is 0 Å². The zero-order chi connectivity index (χ0) is 9.35. The molecule has 1 unspecified atom stereocenters. The van der Waals surface area contributed by atoms with Crippen LogP contribution >= 0.6 is 0 Å². The molecule has 1 heterocycles. The highest BCUT2D eigenvalue weighted by Gasteiger charge is 2.45. The van der Waals surface area contributed by atoms with Gasteiger partial charge in [-0.2, -0.15) is 0 Å². The maximum Gasteiger partial charge on any atom is 0.379 e. The standard InChI is InChI=1S/C6H9NO5/c7-6(1-2-8)4(10)3(9)5(11)12-6/h8-10H,1-2,7H2. The van der Waals surface area contributed by atoms with E-state index in [0.29, 0.717) is 0 Å². The van der Waals surface area contributed by atoms with Crippen LogP contribution in [-0.2, 0) is 9.53 Å². The Morgan fingerprint density at radius 1 is 1.50 bits per heavy atom. The van der Waals surface area contributed by atoms with Gasteiger partial charge in [0.05, 0.1) is 0 Å². The van der Waals surface area contributed by atoms with E-state index in [-0.39, 0.29) is 13.0 Å². The molecule has 5 N–H and O–H groups in total. The molecule has 0 aromatic rings. The molecule has 12 heavy (non-hydrogen) atoms. The van der Waals surface area contributed by atoms with Crippen molar-refractivity contribution in [1.82, 2.24) is 0 Å². The second-order valence-corrected chi connectivity index (χ2v) is 2.45. The Bertz CT molecular complexity index is 248. The van der Waals surface area contributed by atoms with E-state index in [1.54, 1.807) is 0 Å². The molecule has 1 atom stereocenters. The van der Waals surface area contributed by atoms with E-state index in [4.69, 9.17) is 21.1 Å². The normalized spacial score (nSPS) is 29.3. The van der Waals surface area contributed by atoms with Gasteiger partial charge in [0.2, 0.25) is 17.2 Å². The van der Waals surface area contributed by atoms with Crippen LogP contribution < -0.4 is 5.73 Å². The Labute approximate surface area is 67.9 Å². The third-order valence-electron chi connectivity index (χ3n) is 1.58. The zero-order valence-corrected chi connectivity index (χ0v) is 6.15. The van der Waals surface area contributed by atoms with Crippen molar-refractivity contribution in [3.05, 3.63) is 11.5 Å². The van der Waals surface area contributed by atoms with Crippen LogP contribution in [0.25, 0.3) is 0 Å². The monoisotopic (exact) mass is 175 g/mol. The molecule has 0 saturated carbocycles. The van der Waals surface area contributed by atoms with Gasteiger partial charge in [-0.1, -0.05) is 0 Å². The van der Waals surface area contributed by atoms with E-state index >= 15 is 0 Å². The molecule has 68 valence electrons. The largest absolute Gasteiger partial charge is 0.504 e. The molecule has 1 aliphatic heterocycles. The van der Waals surface area contributed by atoms with Crippen LogP contribution in [0.5, 0.6) is 0 Å². The van der Waals surface area contributed by atoms with E-state index in [1.165, 1.54) is 0 Å². The second kappa shape index (κ2) is 2.65. The lowest BCUT2D eigenvalue weighted by atomic mass is 10.1. The van der Waals surface area contributed by atoms with Gasteiger partial charge in [-0.3, -0.25) is 5.73 Å². The molecule has 1 rings (SSSR count). The topological polar surface area (TPSA) is 113 Å².